The van der Waals surface area contributed by atoms with E-state index >= 15 is 0 Å². The molecular weight excluding hydrogens is 304 g/mol. The molecule has 0 heterocycles. The second-order valence-electron chi connectivity index (χ2n) is 6.93. The van der Waals surface area contributed by atoms with Crippen molar-refractivity contribution in [2.75, 3.05) is 0 Å². The van der Waals surface area contributed by atoms with E-state index in [1.807, 2.05) is 44.2 Å². The van der Waals surface area contributed by atoms with Crippen LogP contribution < -0.4 is 0 Å². The van der Waals surface area contributed by atoms with E-state index in [-0.39, 0.29) is 18.6 Å². The Morgan fingerprint density at radius 1 is 1.00 bits per heavy atom. The summed E-state index contributed by atoms with van der Waals surface area (Å²) in [5, 5.41) is 29.6. The smallest absolute Gasteiger partial charge is 0.335 e. The number of carbonyl (C=O) groups is 1. The van der Waals surface area contributed by atoms with Gasteiger partial charge in [0.2, 0.25) is 0 Å². The number of phenolic OH excluding ortho intramolecular Hbond substituents is 1. The predicted octanol–water partition coefficient (Wildman–Crippen LogP) is 3.51. The number of carboxylic acid groups (broad SMARTS) is 1. The van der Waals surface area contributed by atoms with Crippen LogP contribution in [0.25, 0.3) is 0 Å². The van der Waals surface area contributed by atoms with Gasteiger partial charge in [-0.3, -0.25) is 0 Å². The lowest BCUT2D eigenvalue weighted by Crippen LogP contribution is -2.44. The van der Waals surface area contributed by atoms with E-state index in [0.717, 1.165) is 11.1 Å². The Morgan fingerprint density at radius 2 is 1.58 bits per heavy atom. The molecule has 0 bridgehead atoms. The summed E-state index contributed by atoms with van der Waals surface area (Å²) in [5.74, 6) is -1.04. The third-order valence-corrected chi connectivity index (χ3v) is 4.45. The highest BCUT2D eigenvalue weighted by atomic mass is 16.4. The number of benzene rings is 2. The summed E-state index contributed by atoms with van der Waals surface area (Å²) in [6.45, 7) is 3.88. The van der Waals surface area contributed by atoms with Crippen molar-refractivity contribution in [1.29, 1.82) is 0 Å². The first kappa shape index (κ1) is 18.0. The Bertz CT molecular complexity index is 677. The topological polar surface area (TPSA) is 77.8 Å². The van der Waals surface area contributed by atoms with Crippen molar-refractivity contribution in [2.24, 2.45) is 0 Å². The Balaban J connectivity index is 2.15. The van der Waals surface area contributed by atoms with E-state index < -0.39 is 17.0 Å². The van der Waals surface area contributed by atoms with Crippen molar-refractivity contribution in [1.82, 2.24) is 0 Å². The maximum absolute atomic E-state index is 11.7. The van der Waals surface area contributed by atoms with E-state index in [4.69, 9.17) is 0 Å². The summed E-state index contributed by atoms with van der Waals surface area (Å²) in [6.07, 6.45) is 0.661. The minimum absolute atomic E-state index is 0.114. The Hall–Kier alpha value is -2.33. The van der Waals surface area contributed by atoms with E-state index in [9.17, 15) is 20.1 Å². The van der Waals surface area contributed by atoms with E-state index in [0.29, 0.717) is 6.42 Å². The van der Waals surface area contributed by atoms with Gasteiger partial charge in [-0.25, -0.2) is 4.79 Å². The molecule has 3 N–H and O–H groups in total. The normalized spacial score (nSPS) is 14.1. The molecule has 1 atom stereocenters. The van der Waals surface area contributed by atoms with Crippen LogP contribution >= 0.6 is 0 Å². The summed E-state index contributed by atoms with van der Waals surface area (Å²) >= 11 is 0. The summed E-state index contributed by atoms with van der Waals surface area (Å²) in [4.78, 5) is 11.7. The molecule has 0 saturated carbocycles. The molecule has 4 nitrogen and oxygen atoms in total. The summed E-state index contributed by atoms with van der Waals surface area (Å²) in [6, 6.07) is 16.2. The van der Waals surface area contributed by atoms with Crippen LogP contribution in [-0.2, 0) is 16.6 Å². The number of aromatic hydroxyl groups is 1. The lowest BCUT2D eigenvalue weighted by Gasteiger charge is -2.34. The molecular formula is C20H24O4. The van der Waals surface area contributed by atoms with Crippen LogP contribution in [0.2, 0.25) is 0 Å². The standard InChI is InChI=1S/C20H24O4/c1-19(2,16-6-4-3-5-7-16)14-20(24,18(22)23)13-12-15-8-10-17(21)11-9-15/h3-11,21,24H,12-14H2,1-2H3,(H,22,23). The van der Waals surface area contributed by atoms with Crippen LogP contribution in [0.3, 0.4) is 0 Å². The molecule has 1 unspecified atom stereocenters. The maximum atomic E-state index is 11.7. The SMILES string of the molecule is CC(C)(CC(O)(CCc1ccc(O)cc1)C(=O)O)c1ccccc1. The first-order valence-corrected chi connectivity index (χ1v) is 8.02. The zero-order chi connectivity index (χ0) is 17.8. The van der Waals surface area contributed by atoms with E-state index in [1.165, 1.54) is 0 Å². The molecule has 0 aliphatic heterocycles. The van der Waals surface area contributed by atoms with Crippen molar-refractivity contribution >= 4 is 5.97 Å². The molecule has 2 aromatic carbocycles. The lowest BCUT2D eigenvalue weighted by molar-refractivity contribution is -0.161. The highest BCUT2D eigenvalue weighted by Gasteiger charge is 2.41. The third-order valence-electron chi connectivity index (χ3n) is 4.45. The molecule has 2 aromatic rings. The molecule has 0 saturated heterocycles. The first-order valence-electron chi connectivity index (χ1n) is 8.02. The van der Waals surface area contributed by atoms with Gasteiger partial charge in [0.25, 0.3) is 0 Å². The van der Waals surface area contributed by atoms with Gasteiger partial charge in [0.05, 0.1) is 0 Å². The quantitative estimate of drug-likeness (QED) is 0.727. The highest BCUT2D eigenvalue weighted by molar-refractivity contribution is 5.77. The first-order chi connectivity index (χ1) is 11.2. The number of aliphatic hydroxyl groups is 1. The number of phenols is 1. The van der Waals surface area contributed by atoms with Gasteiger partial charge in [-0.05, 0) is 47.9 Å². The maximum Gasteiger partial charge on any atom is 0.335 e. The highest BCUT2D eigenvalue weighted by Crippen LogP contribution is 2.34. The van der Waals surface area contributed by atoms with Gasteiger partial charge < -0.3 is 15.3 Å². The van der Waals surface area contributed by atoms with Crippen molar-refractivity contribution in [3.8, 4) is 5.75 Å². The van der Waals surface area contributed by atoms with Gasteiger partial charge in [0.15, 0.2) is 5.60 Å². The zero-order valence-corrected chi connectivity index (χ0v) is 14.1. The van der Waals surface area contributed by atoms with Gasteiger partial charge in [-0.2, -0.15) is 0 Å². The van der Waals surface area contributed by atoms with Crippen molar-refractivity contribution in [2.45, 2.75) is 44.1 Å². The fourth-order valence-corrected chi connectivity index (χ4v) is 3.01. The number of aryl methyl sites for hydroxylation is 1. The molecule has 0 aliphatic rings. The minimum Gasteiger partial charge on any atom is -0.508 e. The van der Waals surface area contributed by atoms with E-state index in [1.54, 1.807) is 24.3 Å². The molecule has 0 fully saturated rings. The zero-order valence-electron chi connectivity index (χ0n) is 14.1. The summed E-state index contributed by atoms with van der Waals surface area (Å²) < 4.78 is 0. The predicted molar refractivity (Wildman–Crippen MR) is 93.1 cm³/mol. The summed E-state index contributed by atoms with van der Waals surface area (Å²) in [5.41, 5.74) is -0.403. The molecule has 0 amide bonds. The molecule has 0 aromatic heterocycles. The number of carboxylic acids is 1. The monoisotopic (exact) mass is 328 g/mol. The number of hydrogen-bond donors (Lipinski definition) is 3. The third kappa shape index (κ3) is 4.36. The van der Waals surface area contributed by atoms with Crippen LogP contribution in [-0.4, -0.2) is 26.9 Å². The molecule has 4 heteroatoms. The molecule has 128 valence electrons. The summed E-state index contributed by atoms with van der Waals surface area (Å²) in [7, 11) is 0. The Labute approximate surface area is 142 Å². The van der Waals surface area contributed by atoms with Gasteiger partial charge in [0, 0.05) is 0 Å². The van der Waals surface area contributed by atoms with Gasteiger partial charge in [0.1, 0.15) is 5.75 Å². The van der Waals surface area contributed by atoms with Crippen molar-refractivity contribution in [3.05, 3.63) is 65.7 Å². The van der Waals surface area contributed by atoms with E-state index in [2.05, 4.69) is 0 Å². The fourth-order valence-electron chi connectivity index (χ4n) is 3.01. The van der Waals surface area contributed by atoms with Crippen LogP contribution in [0.1, 0.15) is 37.8 Å². The van der Waals surface area contributed by atoms with Crippen LogP contribution in [0.5, 0.6) is 5.75 Å². The minimum atomic E-state index is -1.81. The average molecular weight is 328 g/mol. The van der Waals surface area contributed by atoms with Gasteiger partial charge in [-0.15, -0.1) is 0 Å². The molecule has 2 rings (SSSR count). The molecule has 24 heavy (non-hydrogen) atoms. The Morgan fingerprint density at radius 3 is 2.12 bits per heavy atom. The second kappa shape index (κ2) is 7.05. The van der Waals surface area contributed by atoms with Gasteiger partial charge >= 0.3 is 5.97 Å². The molecule has 0 radical (unpaired) electrons. The fraction of sp³-hybridized carbons (Fsp3) is 0.350. The van der Waals surface area contributed by atoms with Gasteiger partial charge in [-0.1, -0.05) is 56.3 Å². The van der Waals surface area contributed by atoms with Crippen LogP contribution in [0, 0.1) is 0 Å². The van der Waals surface area contributed by atoms with Crippen molar-refractivity contribution < 1.29 is 20.1 Å². The van der Waals surface area contributed by atoms with Crippen LogP contribution in [0.15, 0.2) is 54.6 Å². The number of rotatable bonds is 7. The molecule has 0 aliphatic carbocycles. The lowest BCUT2D eigenvalue weighted by atomic mass is 9.73. The van der Waals surface area contributed by atoms with Crippen LogP contribution in [0.4, 0.5) is 0 Å². The van der Waals surface area contributed by atoms with Crippen molar-refractivity contribution in [3.63, 3.8) is 0 Å². The Kier molecular flexibility index (Phi) is 5.30. The number of aliphatic carboxylic acids is 1. The molecule has 0 spiro atoms. The second-order valence-corrected chi connectivity index (χ2v) is 6.93. The number of hydrogen-bond acceptors (Lipinski definition) is 3. The largest absolute Gasteiger partial charge is 0.508 e. The average Bonchev–Trinajstić information content (AvgIpc) is 2.55.